The predicted octanol–water partition coefficient (Wildman–Crippen LogP) is 7.34. The van der Waals surface area contributed by atoms with Crippen molar-refractivity contribution in [2.24, 2.45) is 56.7 Å². The molecule has 0 amide bonds. The summed E-state index contributed by atoms with van der Waals surface area (Å²) in [6.07, 6.45) is 11.6. The lowest BCUT2D eigenvalue weighted by Crippen LogP contribution is -2.67. The Hall–Kier alpha value is -1.34. The number of carbonyl (C=O) groups is 1. The van der Waals surface area contributed by atoms with Gasteiger partial charge in [0.1, 0.15) is 0 Å². The van der Waals surface area contributed by atoms with Gasteiger partial charge in [0, 0.05) is 0 Å². The Bertz CT molecular complexity index is 978. The highest BCUT2D eigenvalue weighted by Crippen LogP contribution is 2.77. The molecule has 0 aliphatic heterocycles. The molecule has 0 aromatic heterocycles. The number of fused-ring (bicyclic) bond motifs is 7. The Labute approximate surface area is 212 Å². The molecule has 0 aromatic carbocycles. The van der Waals surface area contributed by atoms with Crippen molar-refractivity contribution < 1.29 is 15.0 Å². The first kappa shape index (κ1) is 25.3. The molecule has 0 radical (unpaired) electrons. The molecule has 4 nitrogen and oxygen atoms in total. The molecule has 5 saturated carbocycles. The second-order valence-electron chi connectivity index (χ2n) is 14.7. The van der Waals surface area contributed by atoms with Crippen LogP contribution in [0.3, 0.4) is 0 Å². The number of hydrogen-bond donors (Lipinski definition) is 2. The van der Waals surface area contributed by atoms with Crippen molar-refractivity contribution in [3.05, 3.63) is 23.2 Å². The van der Waals surface area contributed by atoms with Gasteiger partial charge in [0.15, 0.2) is 6.20 Å². The maximum atomic E-state index is 12.9. The number of nitrogens with zero attached hydrogens (tertiary/aromatic N) is 1. The van der Waals surface area contributed by atoms with Crippen molar-refractivity contribution in [1.29, 1.82) is 0 Å². The van der Waals surface area contributed by atoms with Crippen LogP contribution in [-0.2, 0) is 4.79 Å². The number of aliphatic hydroxyl groups is 1. The van der Waals surface area contributed by atoms with Gasteiger partial charge in [-0.2, -0.15) is 0 Å². The minimum atomic E-state index is -0.618. The molecule has 10 atom stereocenters. The van der Waals surface area contributed by atoms with Crippen LogP contribution in [0.15, 0.2) is 11.8 Å². The number of carboxylic acids is 1. The van der Waals surface area contributed by atoms with Crippen molar-refractivity contribution in [3.8, 4) is 0 Å². The van der Waals surface area contributed by atoms with Gasteiger partial charge in [-0.1, -0.05) is 47.1 Å². The topological polar surface area (TPSA) is 61.9 Å². The van der Waals surface area contributed by atoms with Crippen LogP contribution in [0.4, 0.5) is 0 Å². The summed E-state index contributed by atoms with van der Waals surface area (Å²) in [5.41, 5.74) is 0.981. The third kappa shape index (κ3) is 3.03. The van der Waals surface area contributed by atoms with Gasteiger partial charge < -0.3 is 10.2 Å². The second-order valence-corrected chi connectivity index (χ2v) is 14.7. The van der Waals surface area contributed by atoms with Gasteiger partial charge in [-0.3, -0.25) is 4.79 Å². The van der Waals surface area contributed by atoms with Crippen molar-refractivity contribution in [1.82, 2.24) is 0 Å². The summed E-state index contributed by atoms with van der Waals surface area (Å²) in [5, 5.41) is 21.5. The number of aliphatic carboxylic acids is 1. The zero-order valence-corrected chi connectivity index (χ0v) is 22.9. The number of rotatable bonds is 2. The maximum Gasteiger partial charge on any atom is 0.309 e. The maximum absolute atomic E-state index is 12.9. The standard InChI is InChI=1S/C31H47NO3/c1-19(18-32-7)20-10-15-31(26(34)35)17-16-29(5)21(25(20)31)8-9-23-28(4)13-12-24(33)27(2,3)22(28)11-14-30(23,29)6/h18,20-25,33H,8-17H2,1-6H3,(H,34,35)/t20-,21?,22?,23?,24-,25?,28-,29+,30+,31-/m0/s1. The molecule has 2 N–H and O–H groups in total. The van der Waals surface area contributed by atoms with E-state index < -0.39 is 11.4 Å². The number of allylic oxidation sites excluding steroid dienone is 1. The summed E-state index contributed by atoms with van der Waals surface area (Å²) in [6.45, 7) is 21.7. The molecular weight excluding hydrogens is 434 g/mol. The van der Waals surface area contributed by atoms with Gasteiger partial charge in [0.05, 0.1) is 18.1 Å². The average Bonchev–Trinajstić information content (AvgIpc) is 3.18. The van der Waals surface area contributed by atoms with Crippen molar-refractivity contribution in [2.45, 2.75) is 112 Å². The van der Waals surface area contributed by atoms with Gasteiger partial charge >= 0.3 is 5.97 Å². The Morgan fingerprint density at radius 3 is 2.26 bits per heavy atom. The summed E-state index contributed by atoms with van der Waals surface area (Å²) in [5.74, 6) is 1.34. The van der Waals surface area contributed by atoms with Crippen molar-refractivity contribution in [2.75, 3.05) is 0 Å². The molecule has 5 rings (SSSR count). The first-order chi connectivity index (χ1) is 16.3. The Morgan fingerprint density at radius 1 is 0.886 bits per heavy atom. The first-order valence-corrected chi connectivity index (χ1v) is 14.2. The third-order valence-electron chi connectivity index (χ3n) is 13.7. The smallest absolute Gasteiger partial charge is 0.309 e. The summed E-state index contributed by atoms with van der Waals surface area (Å²) >= 11 is 0. The van der Waals surface area contributed by atoms with E-state index in [-0.39, 0.29) is 39.6 Å². The van der Waals surface area contributed by atoms with Crippen LogP contribution in [0.1, 0.15) is 106 Å². The molecule has 35 heavy (non-hydrogen) atoms. The molecule has 4 heteroatoms. The molecule has 0 spiro atoms. The largest absolute Gasteiger partial charge is 0.481 e. The third-order valence-corrected chi connectivity index (χ3v) is 13.7. The highest BCUT2D eigenvalue weighted by atomic mass is 16.4. The van der Waals surface area contributed by atoms with Crippen LogP contribution in [0.2, 0.25) is 0 Å². The van der Waals surface area contributed by atoms with Crippen LogP contribution >= 0.6 is 0 Å². The molecule has 0 heterocycles. The molecule has 5 aliphatic carbocycles. The fourth-order valence-corrected chi connectivity index (χ4v) is 11.7. The SMILES string of the molecule is [C-]#[N+]C=C(C)[C@@H]1CC[C@]2(C(=O)O)CC[C@]3(C)C(CCC4[C@@]5(C)CC[C@H](O)C(C)(C)C5CC[C@]43C)C12. The van der Waals surface area contributed by atoms with Crippen LogP contribution in [0.5, 0.6) is 0 Å². The normalized spacial score (nSPS) is 52.9. The van der Waals surface area contributed by atoms with Gasteiger partial charge in [-0.25, -0.2) is 4.85 Å². The predicted molar refractivity (Wildman–Crippen MR) is 138 cm³/mol. The minimum absolute atomic E-state index is 0.0463. The first-order valence-electron chi connectivity index (χ1n) is 14.2. The number of aliphatic hydroxyl groups excluding tert-OH is 1. The number of carboxylic acid groups (broad SMARTS) is 1. The van der Waals surface area contributed by atoms with E-state index in [9.17, 15) is 15.0 Å². The van der Waals surface area contributed by atoms with E-state index in [2.05, 4.69) is 46.4 Å². The lowest BCUT2D eigenvalue weighted by Gasteiger charge is -2.72. The number of hydrogen-bond acceptors (Lipinski definition) is 2. The highest BCUT2D eigenvalue weighted by molar-refractivity contribution is 5.76. The molecule has 0 aromatic rings. The molecule has 0 saturated heterocycles. The van der Waals surface area contributed by atoms with E-state index in [1.165, 1.54) is 19.3 Å². The summed E-state index contributed by atoms with van der Waals surface area (Å²) in [7, 11) is 0. The van der Waals surface area contributed by atoms with E-state index in [1.54, 1.807) is 6.20 Å². The van der Waals surface area contributed by atoms with Crippen LogP contribution in [0, 0.1) is 63.2 Å². The van der Waals surface area contributed by atoms with Crippen LogP contribution in [0.25, 0.3) is 4.85 Å². The molecule has 5 fully saturated rings. The average molecular weight is 482 g/mol. The van der Waals surface area contributed by atoms with Gasteiger partial charge in [0.2, 0.25) is 0 Å². The highest BCUT2D eigenvalue weighted by Gasteiger charge is 2.72. The van der Waals surface area contributed by atoms with Crippen LogP contribution in [-0.4, -0.2) is 22.3 Å². The zero-order chi connectivity index (χ0) is 25.6. The fourth-order valence-electron chi connectivity index (χ4n) is 11.7. The minimum Gasteiger partial charge on any atom is -0.481 e. The lowest BCUT2D eigenvalue weighted by molar-refractivity contribution is -0.248. The van der Waals surface area contributed by atoms with Crippen LogP contribution < -0.4 is 0 Å². The fraction of sp³-hybridized carbons (Fsp3) is 0.871. The Morgan fingerprint density at radius 2 is 1.60 bits per heavy atom. The zero-order valence-electron chi connectivity index (χ0n) is 22.9. The molecule has 5 aliphatic rings. The van der Waals surface area contributed by atoms with Gasteiger partial charge in [-0.15, -0.1) is 0 Å². The van der Waals surface area contributed by atoms with E-state index in [1.807, 2.05) is 0 Å². The summed E-state index contributed by atoms with van der Waals surface area (Å²) in [4.78, 5) is 16.4. The molecular formula is C31H47NO3. The molecule has 194 valence electrons. The second kappa shape index (κ2) is 7.83. The van der Waals surface area contributed by atoms with Gasteiger partial charge in [-0.05, 0) is 115 Å². The molecule has 4 unspecified atom stereocenters. The van der Waals surface area contributed by atoms with Crippen molar-refractivity contribution >= 4 is 5.97 Å². The lowest BCUT2D eigenvalue weighted by atomic mass is 9.32. The summed E-state index contributed by atoms with van der Waals surface area (Å²) < 4.78 is 0. The van der Waals surface area contributed by atoms with E-state index in [4.69, 9.17) is 6.57 Å². The van der Waals surface area contributed by atoms with E-state index in [0.717, 1.165) is 50.5 Å². The quantitative estimate of drug-likeness (QED) is 0.406. The summed E-state index contributed by atoms with van der Waals surface area (Å²) in [6, 6.07) is 0. The van der Waals surface area contributed by atoms with Crippen molar-refractivity contribution in [3.63, 3.8) is 0 Å². The van der Waals surface area contributed by atoms with E-state index >= 15 is 0 Å². The monoisotopic (exact) mass is 481 g/mol. The van der Waals surface area contributed by atoms with E-state index in [0.29, 0.717) is 17.8 Å². The Balaban J connectivity index is 1.57. The Kier molecular flexibility index (Phi) is 5.66. The van der Waals surface area contributed by atoms with Gasteiger partial charge in [0.25, 0.3) is 0 Å². The molecule has 0 bridgehead atoms.